The molecule has 5 nitrogen and oxygen atoms in total. The molecule has 1 aromatic heterocycles. The fourth-order valence-electron chi connectivity index (χ4n) is 2.19. The number of benzene rings is 2. The molecule has 0 unspecified atom stereocenters. The Morgan fingerprint density at radius 1 is 1.17 bits per heavy atom. The van der Waals surface area contributed by atoms with Crippen molar-refractivity contribution in [1.29, 1.82) is 0 Å². The highest BCUT2D eigenvalue weighted by Crippen LogP contribution is 2.13. The van der Waals surface area contributed by atoms with Crippen LogP contribution in [0.2, 0.25) is 5.02 Å². The van der Waals surface area contributed by atoms with Crippen molar-refractivity contribution < 1.29 is 0 Å². The minimum atomic E-state index is -0.177. The van der Waals surface area contributed by atoms with E-state index in [1.54, 1.807) is 18.2 Å². The molecule has 0 atom stereocenters. The summed E-state index contributed by atoms with van der Waals surface area (Å²) in [4.78, 5) is 12.5. The lowest BCUT2D eigenvalue weighted by molar-refractivity contribution is 0.835. The Labute approximate surface area is 138 Å². The van der Waals surface area contributed by atoms with E-state index in [1.165, 1.54) is 10.9 Å². The Bertz CT molecular complexity index is 896. The summed E-state index contributed by atoms with van der Waals surface area (Å²) in [6.45, 7) is 1.83. The molecule has 3 rings (SSSR count). The molecule has 6 heteroatoms. The third-order valence-electron chi connectivity index (χ3n) is 3.34. The van der Waals surface area contributed by atoms with E-state index in [-0.39, 0.29) is 5.56 Å². The third kappa shape index (κ3) is 3.35. The maximum Gasteiger partial charge on any atom is 0.280 e. The molecule has 2 N–H and O–H groups in total. The number of nitrogens with one attached hydrogen (secondary N) is 2. The molecule has 0 aliphatic rings. The van der Waals surface area contributed by atoms with Gasteiger partial charge in [-0.15, -0.1) is 0 Å². The van der Waals surface area contributed by atoms with Gasteiger partial charge in [0.1, 0.15) is 0 Å². The zero-order valence-electron chi connectivity index (χ0n) is 12.5. The number of hydrogen-bond donors (Lipinski definition) is 2. The average Bonchev–Trinajstić information content (AvgIpc) is 2.84. The summed E-state index contributed by atoms with van der Waals surface area (Å²) in [6.07, 6.45) is 1.52. The monoisotopic (exact) mass is 326 g/mol. The second-order valence-electron chi connectivity index (χ2n) is 5.01. The zero-order chi connectivity index (χ0) is 16.2. The lowest BCUT2D eigenvalue weighted by Crippen LogP contribution is -2.17. The summed E-state index contributed by atoms with van der Waals surface area (Å²) in [5, 5.41) is 7.73. The standard InChI is InChI=1S/C17H15ClN4O/c1-12-16(11-19-20-14-7-3-2-4-8-14)17(23)22(21-12)15-9-5-6-13(18)10-15/h2-11,20-21H,1H3. The van der Waals surface area contributed by atoms with E-state index >= 15 is 0 Å². The lowest BCUT2D eigenvalue weighted by Gasteiger charge is -2.01. The Hall–Kier alpha value is -2.79. The predicted molar refractivity (Wildman–Crippen MR) is 93.8 cm³/mol. The first-order chi connectivity index (χ1) is 11.1. The molecule has 0 spiro atoms. The van der Waals surface area contributed by atoms with E-state index in [2.05, 4.69) is 15.6 Å². The van der Waals surface area contributed by atoms with E-state index in [1.807, 2.05) is 43.3 Å². The largest absolute Gasteiger partial charge is 0.295 e. The first kappa shape index (κ1) is 15.1. The number of nitrogens with zero attached hydrogens (tertiary/aromatic N) is 2. The summed E-state index contributed by atoms with van der Waals surface area (Å²) < 4.78 is 1.45. The number of anilines is 1. The van der Waals surface area contributed by atoms with Gasteiger partial charge in [0, 0.05) is 10.7 Å². The van der Waals surface area contributed by atoms with Crippen molar-refractivity contribution >= 4 is 23.5 Å². The lowest BCUT2D eigenvalue weighted by atomic mass is 10.3. The molecule has 0 saturated carbocycles. The van der Waals surface area contributed by atoms with Crippen molar-refractivity contribution in [2.24, 2.45) is 5.10 Å². The number of para-hydroxylation sites is 1. The van der Waals surface area contributed by atoms with Crippen molar-refractivity contribution in [2.45, 2.75) is 6.92 Å². The number of rotatable bonds is 4. The Kier molecular flexibility index (Phi) is 4.30. The summed E-state index contributed by atoms with van der Waals surface area (Å²) in [5.41, 5.74) is 5.47. The molecule has 0 saturated heterocycles. The topological polar surface area (TPSA) is 62.2 Å². The molecule has 2 aromatic carbocycles. The molecule has 1 heterocycles. The SMILES string of the molecule is Cc1[nH]n(-c2cccc(Cl)c2)c(=O)c1C=NNc1ccccc1. The fraction of sp³-hybridized carbons (Fsp3) is 0.0588. The average molecular weight is 327 g/mol. The molecule has 116 valence electrons. The molecular weight excluding hydrogens is 312 g/mol. The minimum absolute atomic E-state index is 0.177. The van der Waals surface area contributed by atoms with E-state index in [4.69, 9.17) is 11.6 Å². The normalized spacial score (nSPS) is 11.0. The van der Waals surface area contributed by atoms with Gasteiger partial charge in [-0.3, -0.25) is 15.3 Å². The van der Waals surface area contributed by atoms with Crippen LogP contribution >= 0.6 is 11.6 Å². The van der Waals surface area contributed by atoms with Crippen molar-refractivity contribution in [2.75, 3.05) is 5.43 Å². The highest BCUT2D eigenvalue weighted by atomic mass is 35.5. The second-order valence-corrected chi connectivity index (χ2v) is 5.44. The molecular formula is C17H15ClN4O. The van der Waals surface area contributed by atoms with Gasteiger partial charge >= 0.3 is 0 Å². The van der Waals surface area contributed by atoms with Gasteiger partial charge in [-0.25, -0.2) is 4.68 Å². The Morgan fingerprint density at radius 3 is 2.70 bits per heavy atom. The summed E-state index contributed by atoms with van der Waals surface area (Å²) in [6, 6.07) is 16.6. The number of aromatic amines is 1. The Morgan fingerprint density at radius 2 is 1.96 bits per heavy atom. The van der Waals surface area contributed by atoms with Gasteiger partial charge in [0.2, 0.25) is 0 Å². The number of halogens is 1. The van der Waals surface area contributed by atoms with Gasteiger partial charge in [-0.2, -0.15) is 5.10 Å². The maximum atomic E-state index is 12.5. The second kappa shape index (κ2) is 6.54. The fourth-order valence-corrected chi connectivity index (χ4v) is 2.38. The van der Waals surface area contributed by atoms with Crippen LogP contribution in [0.15, 0.2) is 64.5 Å². The maximum absolute atomic E-state index is 12.5. The number of hydrazone groups is 1. The van der Waals surface area contributed by atoms with Gasteiger partial charge in [0.25, 0.3) is 5.56 Å². The summed E-state index contributed by atoms with van der Waals surface area (Å²) >= 11 is 5.98. The number of aryl methyl sites for hydroxylation is 1. The van der Waals surface area contributed by atoms with Crippen LogP contribution in [-0.2, 0) is 0 Å². The molecule has 23 heavy (non-hydrogen) atoms. The van der Waals surface area contributed by atoms with Crippen molar-refractivity contribution in [3.05, 3.63) is 81.2 Å². The van der Waals surface area contributed by atoms with Gasteiger partial charge in [-0.05, 0) is 37.3 Å². The van der Waals surface area contributed by atoms with Crippen LogP contribution in [0.4, 0.5) is 5.69 Å². The summed E-state index contributed by atoms with van der Waals surface area (Å²) in [7, 11) is 0. The third-order valence-corrected chi connectivity index (χ3v) is 3.58. The first-order valence-electron chi connectivity index (χ1n) is 7.07. The van der Waals surface area contributed by atoms with Gasteiger partial charge in [0.15, 0.2) is 0 Å². The van der Waals surface area contributed by atoms with E-state index in [0.29, 0.717) is 16.3 Å². The van der Waals surface area contributed by atoms with E-state index in [9.17, 15) is 4.79 Å². The van der Waals surface area contributed by atoms with E-state index < -0.39 is 0 Å². The van der Waals surface area contributed by atoms with Gasteiger partial charge < -0.3 is 0 Å². The van der Waals surface area contributed by atoms with Gasteiger partial charge in [0.05, 0.1) is 23.2 Å². The van der Waals surface area contributed by atoms with Crippen LogP contribution in [-0.4, -0.2) is 16.0 Å². The molecule has 0 fully saturated rings. The zero-order valence-corrected chi connectivity index (χ0v) is 13.2. The van der Waals surface area contributed by atoms with Crippen LogP contribution in [0, 0.1) is 6.92 Å². The molecule has 0 aliphatic carbocycles. The van der Waals surface area contributed by atoms with E-state index in [0.717, 1.165) is 11.4 Å². The van der Waals surface area contributed by atoms with Crippen molar-refractivity contribution in [3.8, 4) is 5.69 Å². The summed E-state index contributed by atoms with van der Waals surface area (Å²) in [5.74, 6) is 0. The highest BCUT2D eigenvalue weighted by molar-refractivity contribution is 6.30. The first-order valence-corrected chi connectivity index (χ1v) is 7.44. The van der Waals surface area contributed by atoms with Crippen LogP contribution in [0.3, 0.4) is 0 Å². The number of hydrogen-bond acceptors (Lipinski definition) is 3. The molecule has 0 aliphatic heterocycles. The predicted octanol–water partition coefficient (Wildman–Crippen LogP) is 3.57. The molecule has 0 radical (unpaired) electrons. The highest BCUT2D eigenvalue weighted by Gasteiger charge is 2.10. The van der Waals surface area contributed by atoms with Crippen LogP contribution in [0.1, 0.15) is 11.3 Å². The molecule has 0 bridgehead atoms. The quantitative estimate of drug-likeness (QED) is 0.568. The van der Waals surface area contributed by atoms with Crippen molar-refractivity contribution in [3.63, 3.8) is 0 Å². The number of H-pyrrole nitrogens is 1. The Balaban J connectivity index is 1.88. The van der Waals surface area contributed by atoms with Crippen LogP contribution < -0.4 is 11.0 Å². The smallest absolute Gasteiger partial charge is 0.280 e. The van der Waals surface area contributed by atoms with Gasteiger partial charge in [-0.1, -0.05) is 35.9 Å². The molecule has 0 amide bonds. The minimum Gasteiger partial charge on any atom is -0.295 e. The molecule has 3 aromatic rings. The number of aromatic nitrogens is 2. The van der Waals surface area contributed by atoms with Crippen molar-refractivity contribution in [1.82, 2.24) is 9.78 Å². The van der Waals surface area contributed by atoms with Crippen LogP contribution in [0.5, 0.6) is 0 Å². The van der Waals surface area contributed by atoms with Crippen LogP contribution in [0.25, 0.3) is 5.69 Å².